The van der Waals surface area contributed by atoms with E-state index in [9.17, 15) is 13.2 Å². The van der Waals surface area contributed by atoms with Crippen molar-refractivity contribution in [3.05, 3.63) is 33.8 Å². The third kappa shape index (κ3) is 4.78. The molecule has 0 saturated heterocycles. The van der Waals surface area contributed by atoms with E-state index in [0.717, 1.165) is 12.1 Å². The van der Waals surface area contributed by atoms with Crippen LogP contribution < -0.4 is 5.32 Å². The molecule has 0 heterocycles. The summed E-state index contributed by atoms with van der Waals surface area (Å²) in [6, 6.07) is 3.39. The molecule has 1 N–H and O–H groups in total. The van der Waals surface area contributed by atoms with Crippen LogP contribution in [0.15, 0.2) is 22.7 Å². The van der Waals surface area contributed by atoms with E-state index in [4.69, 9.17) is 4.74 Å². The van der Waals surface area contributed by atoms with Gasteiger partial charge in [0.15, 0.2) is 0 Å². The number of likely N-dealkylation sites (N-methyl/N-ethyl adjacent to an activating group) is 1. The highest BCUT2D eigenvalue weighted by molar-refractivity contribution is 9.10. The fourth-order valence-electron chi connectivity index (χ4n) is 1.73. The summed E-state index contributed by atoms with van der Waals surface area (Å²) < 4.78 is 44.2. The van der Waals surface area contributed by atoms with E-state index >= 15 is 0 Å². The number of nitrogens with one attached hydrogen (secondary N) is 1. The minimum Gasteiger partial charge on any atom is -0.380 e. The van der Waals surface area contributed by atoms with Gasteiger partial charge in [0.2, 0.25) is 0 Å². The Bertz CT molecular complexity index is 409. The van der Waals surface area contributed by atoms with Crippen molar-refractivity contribution < 1.29 is 17.9 Å². The van der Waals surface area contributed by atoms with E-state index in [1.807, 2.05) is 13.8 Å². The summed E-state index contributed by atoms with van der Waals surface area (Å²) in [5, 5.41) is 3.13. The molecule has 6 heteroatoms. The Balaban J connectivity index is 3.06. The van der Waals surface area contributed by atoms with Crippen LogP contribution in [0.25, 0.3) is 0 Å². The Labute approximate surface area is 119 Å². The number of benzene rings is 1. The molecule has 0 saturated carbocycles. The van der Waals surface area contributed by atoms with Gasteiger partial charge in [0.1, 0.15) is 0 Å². The van der Waals surface area contributed by atoms with Crippen molar-refractivity contribution in [1.82, 2.24) is 5.32 Å². The minimum absolute atomic E-state index is 0.262. The summed E-state index contributed by atoms with van der Waals surface area (Å²) in [7, 11) is 0. The van der Waals surface area contributed by atoms with Crippen molar-refractivity contribution in [2.45, 2.75) is 26.1 Å². The normalized spacial score (nSPS) is 13.6. The molecule has 1 rings (SSSR count). The molecule has 0 bridgehead atoms. The third-order valence-electron chi connectivity index (χ3n) is 2.64. The molecule has 1 atom stereocenters. The first kappa shape index (κ1) is 16.5. The van der Waals surface area contributed by atoms with Gasteiger partial charge in [-0.05, 0) is 37.2 Å². The second kappa shape index (κ2) is 7.26. The molecule has 0 amide bonds. The average molecular weight is 340 g/mol. The molecular formula is C13H17BrF3NO. The quantitative estimate of drug-likeness (QED) is 0.840. The molecule has 0 radical (unpaired) electrons. The van der Waals surface area contributed by atoms with E-state index in [-0.39, 0.29) is 6.04 Å². The third-order valence-corrected chi connectivity index (χ3v) is 3.36. The SMILES string of the molecule is CCNC(COCC)c1cc(C(F)(F)F)ccc1Br. The van der Waals surface area contributed by atoms with Crippen molar-refractivity contribution in [2.75, 3.05) is 19.8 Å². The number of ether oxygens (including phenoxy) is 1. The van der Waals surface area contributed by atoms with Gasteiger partial charge in [-0.3, -0.25) is 0 Å². The van der Waals surface area contributed by atoms with Gasteiger partial charge in [-0.15, -0.1) is 0 Å². The Hall–Kier alpha value is -0.590. The fraction of sp³-hybridized carbons (Fsp3) is 0.538. The van der Waals surface area contributed by atoms with Crippen molar-refractivity contribution in [1.29, 1.82) is 0 Å². The average Bonchev–Trinajstić information content (AvgIpc) is 2.34. The zero-order valence-corrected chi connectivity index (χ0v) is 12.4. The van der Waals surface area contributed by atoms with E-state index in [1.165, 1.54) is 6.07 Å². The Morgan fingerprint density at radius 2 is 2.00 bits per heavy atom. The van der Waals surface area contributed by atoms with E-state index in [2.05, 4.69) is 21.2 Å². The molecule has 19 heavy (non-hydrogen) atoms. The monoisotopic (exact) mass is 339 g/mol. The van der Waals surface area contributed by atoms with E-state index in [0.29, 0.717) is 29.8 Å². The van der Waals surface area contributed by atoms with Gasteiger partial charge in [-0.2, -0.15) is 13.2 Å². The van der Waals surface area contributed by atoms with Gasteiger partial charge in [0.05, 0.1) is 18.2 Å². The molecule has 0 aliphatic rings. The summed E-state index contributed by atoms with van der Waals surface area (Å²) in [6.45, 7) is 5.27. The lowest BCUT2D eigenvalue weighted by molar-refractivity contribution is -0.137. The summed E-state index contributed by atoms with van der Waals surface area (Å²) in [5.74, 6) is 0. The fourth-order valence-corrected chi connectivity index (χ4v) is 2.25. The first-order valence-corrected chi connectivity index (χ1v) is 6.87. The predicted molar refractivity (Wildman–Crippen MR) is 72.1 cm³/mol. The van der Waals surface area contributed by atoms with Gasteiger partial charge in [0.25, 0.3) is 0 Å². The highest BCUT2D eigenvalue weighted by Crippen LogP contribution is 2.34. The van der Waals surface area contributed by atoms with Crippen LogP contribution in [-0.2, 0) is 10.9 Å². The van der Waals surface area contributed by atoms with Crippen LogP contribution >= 0.6 is 15.9 Å². The molecule has 2 nitrogen and oxygen atoms in total. The molecule has 1 aromatic carbocycles. The highest BCUT2D eigenvalue weighted by Gasteiger charge is 2.31. The number of rotatable bonds is 6. The molecule has 0 fully saturated rings. The van der Waals surface area contributed by atoms with Gasteiger partial charge >= 0.3 is 6.18 Å². The maximum atomic E-state index is 12.7. The lowest BCUT2D eigenvalue weighted by atomic mass is 10.0. The molecule has 1 aromatic rings. The number of halogens is 4. The minimum atomic E-state index is -4.34. The van der Waals surface area contributed by atoms with Crippen LogP contribution in [0.2, 0.25) is 0 Å². The molecule has 1 unspecified atom stereocenters. The van der Waals surface area contributed by atoms with Crippen molar-refractivity contribution >= 4 is 15.9 Å². The number of alkyl halides is 3. The first-order valence-electron chi connectivity index (χ1n) is 6.07. The molecule has 0 aromatic heterocycles. The summed E-state index contributed by atoms with van der Waals surface area (Å²) >= 11 is 3.30. The number of hydrogen-bond donors (Lipinski definition) is 1. The van der Waals surface area contributed by atoms with Gasteiger partial charge < -0.3 is 10.1 Å². The zero-order valence-electron chi connectivity index (χ0n) is 10.9. The topological polar surface area (TPSA) is 21.3 Å². The second-order valence-corrected chi connectivity index (χ2v) is 4.86. The van der Waals surface area contributed by atoms with E-state index in [1.54, 1.807) is 0 Å². The van der Waals surface area contributed by atoms with Crippen molar-refractivity contribution in [3.63, 3.8) is 0 Å². The van der Waals surface area contributed by atoms with Gasteiger partial charge in [-0.1, -0.05) is 22.9 Å². The van der Waals surface area contributed by atoms with Crippen LogP contribution in [0, 0.1) is 0 Å². The van der Waals surface area contributed by atoms with Gasteiger partial charge in [0, 0.05) is 11.1 Å². The molecule has 0 aliphatic carbocycles. The van der Waals surface area contributed by atoms with Crippen LogP contribution in [0.5, 0.6) is 0 Å². The maximum Gasteiger partial charge on any atom is 0.416 e. The Kier molecular flexibility index (Phi) is 6.29. The van der Waals surface area contributed by atoms with Crippen LogP contribution in [0.3, 0.4) is 0 Å². The Morgan fingerprint density at radius 3 is 2.53 bits per heavy atom. The largest absolute Gasteiger partial charge is 0.416 e. The molecular weight excluding hydrogens is 323 g/mol. The maximum absolute atomic E-state index is 12.7. The second-order valence-electron chi connectivity index (χ2n) is 4.00. The smallest absolute Gasteiger partial charge is 0.380 e. The number of hydrogen-bond acceptors (Lipinski definition) is 2. The van der Waals surface area contributed by atoms with Crippen molar-refractivity contribution in [3.8, 4) is 0 Å². The summed E-state index contributed by atoms with van der Waals surface area (Å²) in [4.78, 5) is 0. The van der Waals surface area contributed by atoms with Crippen LogP contribution in [-0.4, -0.2) is 19.8 Å². The van der Waals surface area contributed by atoms with Gasteiger partial charge in [-0.25, -0.2) is 0 Å². The highest BCUT2D eigenvalue weighted by atomic mass is 79.9. The molecule has 0 aliphatic heterocycles. The lowest BCUT2D eigenvalue weighted by Crippen LogP contribution is -2.26. The predicted octanol–water partition coefficient (Wildman–Crippen LogP) is 4.16. The zero-order chi connectivity index (χ0) is 14.5. The van der Waals surface area contributed by atoms with Crippen molar-refractivity contribution in [2.24, 2.45) is 0 Å². The lowest BCUT2D eigenvalue weighted by Gasteiger charge is -2.21. The molecule has 108 valence electrons. The first-order chi connectivity index (χ1) is 8.90. The Morgan fingerprint density at radius 1 is 1.32 bits per heavy atom. The molecule has 0 spiro atoms. The van der Waals surface area contributed by atoms with Crippen LogP contribution in [0.1, 0.15) is 31.0 Å². The standard InChI is InChI=1S/C13H17BrF3NO/c1-3-18-12(8-19-4-2)10-7-9(13(15,16)17)5-6-11(10)14/h5-7,12,18H,3-4,8H2,1-2H3. The summed E-state index contributed by atoms with van der Waals surface area (Å²) in [6.07, 6.45) is -4.34. The van der Waals surface area contributed by atoms with E-state index < -0.39 is 11.7 Å². The van der Waals surface area contributed by atoms with Crippen LogP contribution in [0.4, 0.5) is 13.2 Å². The summed E-state index contributed by atoms with van der Waals surface area (Å²) in [5.41, 5.74) is -0.0878.